The van der Waals surface area contributed by atoms with E-state index in [-0.39, 0.29) is 27.0 Å². The largest absolute Gasteiger partial charge is 0.316 e. The molecule has 2 aromatic rings. The van der Waals surface area contributed by atoms with Gasteiger partial charge in [-0.25, -0.2) is 0 Å². The van der Waals surface area contributed by atoms with Gasteiger partial charge in [-0.1, -0.05) is 35.3 Å². The fourth-order valence-corrected chi connectivity index (χ4v) is 2.36. The van der Waals surface area contributed by atoms with E-state index in [9.17, 15) is 14.9 Å². The Hall–Kier alpha value is -2.11. The van der Waals surface area contributed by atoms with Crippen LogP contribution in [0.15, 0.2) is 30.3 Å². The first-order chi connectivity index (χ1) is 10.3. The van der Waals surface area contributed by atoms with Crippen molar-refractivity contribution in [2.75, 3.05) is 5.32 Å². The van der Waals surface area contributed by atoms with E-state index in [1.807, 2.05) is 0 Å². The molecule has 0 unspecified atom stereocenters. The average molecular weight is 339 g/mol. The number of nitrogens with one attached hydrogen (secondary N) is 1. The molecular formula is C15H12Cl2N2O3. The zero-order valence-electron chi connectivity index (χ0n) is 11.8. The molecule has 22 heavy (non-hydrogen) atoms. The fraction of sp³-hybridized carbons (Fsp3) is 0.133. The quantitative estimate of drug-likeness (QED) is 0.647. The highest BCUT2D eigenvalue weighted by molar-refractivity contribution is 6.44. The number of aryl methyl sites for hydroxylation is 1. The molecule has 0 aliphatic carbocycles. The van der Waals surface area contributed by atoms with Crippen molar-refractivity contribution in [3.63, 3.8) is 0 Å². The maximum absolute atomic E-state index is 12.3. The Labute approximate surface area is 137 Å². The zero-order chi connectivity index (χ0) is 16.4. The maximum atomic E-state index is 12.3. The van der Waals surface area contributed by atoms with Crippen LogP contribution in [0.3, 0.4) is 0 Å². The van der Waals surface area contributed by atoms with Gasteiger partial charge in [-0.3, -0.25) is 14.9 Å². The average Bonchev–Trinajstić information content (AvgIpc) is 2.46. The highest BCUT2D eigenvalue weighted by atomic mass is 35.5. The number of anilines is 1. The van der Waals surface area contributed by atoms with Crippen LogP contribution in [0.2, 0.25) is 10.0 Å². The molecular weight excluding hydrogens is 327 g/mol. The number of amides is 1. The highest BCUT2D eigenvalue weighted by Gasteiger charge is 2.21. The van der Waals surface area contributed by atoms with Gasteiger partial charge in [0.15, 0.2) is 0 Å². The van der Waals surface area contributed by atoms with Gasteiger partial charge < -0.3 is 5.32 Å². The lowest BCUT2D eigenvalue weighted by Gasteiger charge is -2.12. The first-order valence-electron chi connectivity index (χ1n) is 6.33. The third-order valence-corrected chi connectivity index (χ3v) is 4.16. The molecule has 0 atom stereocenters. The first-order valence-corrected chi connectivity index (χ1v) is 7.08. The summed E-state index contributed by atoms with van der Waals surface area (Å²) in [6, 6.07) is 7.63. The Morgan fingerprint density at radius 2 is 1.86 bits per heavy atom. The number of nitrogens with zero attached hydrogens (tertiary/aromatic N) is 1. The van der Waals surface area contributed by atoms with Crippen molar-refractivity contribution in [3.05, 3.63) is 67.2 Å². The standard InChI is InChI=1S/C15H12Cl2N2O3/c1-8-6-7-12(19(21)22)14(9(8)2)18-15(20)10-4-3-5-11(16)13(10)17/h3-7H,1-2H3,(H,18,20). The second kappa shape index (κ2) is 6.34. The van der Waals surface area contributed by atoms with Crippen LogP contribution >= 0.6 is 23.2 Å². The van der Waals surface area contributed by atoms with Gasteiger partial charge in [0.05, 0.1) is 20.5 Å². The predicted octanol–water partition coefficient (Wildman–Crippen LogP) is 4.77. The Morgan fingerprint density at radius 3 is 2.50 bits per heavy atom. The number of halogens is 2. The molecule has 0 aliphatic heterocycles. The highest BCUT2D eigenvalue weighted by Crippen LogP contribution is 2.32. The van der Waals surface area contributed by atoms with Crippen molar-refractivity contribution >= 4 is 40.5 Å². The molecule has 0 saturated heterocycles. The number of carbonyl (C=O) groups is 1. The summed E-state index contributed by atoms with van der Waals surface area (Å²) < 4.78 is 0. The molecule has 0 aliphatic rings. The zero-order valence-corrected chi connectivity index (χ0v) is 13.3. The van der Waals surface area contributed by atoms with E-state index in [2.05, 4.69) is 5.32 Å². The number of benzene rings is 2. The number of rotatable bonds is 3. The molecule has 0 saturated carbocycles. The van der Waals surface area contributed by atoms with Crippen LogP contribution < -0.4 is 5.32 Å². The third-order valence-electron chi connectivity index (χ3n) is 3.35. The molecule has 2 aromatic carbocycles. The molecule has 0 heterocycles. The van der Waals surface area contributed by atoms with Crippen LogP contribution in [0, 0.1) is 24.0 Å². The maximum Gasteiger partial charge on any atom is 0.293 e. The monoisotopic (exact) mass is 338 g/mol. The van der Waals surface area contributed by atoms with Gasteiger partial charge in [-0.2, -0.15) is 0 Å². The van der Waals surface area contributed by atoms with E-state index in [4.69, 9.17) is 23.2 Å². The van der Waals surface area contributed by atoms with Crippen molar-refractivity contribution in [1.82, 2.24) is 0 Å². The van der Waals surface area contributed by atoms with E-state index in [0.29, 0.717) is 5.56 Å². The Bertz CT molecular complexity index is 776. The van der Waals surface area contributed by atoms with Crippen LogP contribution in [-0.4, -0.2) is 10.8 Å². The van der Waals surface area contributed by atoms with Crippen LogP contribution in [0.5, 0.6) is 0 Å². The number of nitro groups is 1. The van der Waals surface area contributed by atoms with Crippen LogP contribution in [0.1, 0.15) is 21.5 Å². The third kappa shape index (κ3) is 3.05. The van der Waals surface area contributed by atoms with E-state index >= 15 is 0 Å². The topological polar surface area (TPSA) is 72.2 Å². The fourth-order valence-electron chi connectivity index (χ4n) is 1.97. The molecule has 1 N–H and O–H groups in total. The number of hydrogen-bond donors (Lipinski definition) is 1. The second-order valence-corrected chi connectivity index (χ2v) is 5.50. The minimum absolute atomic E-state index is 0.106. The minimum atomic E-state index is -0.552. The van der Waals surface area contributed by atoms with Crippen molar-refractivity contribution in [2.45, 2.75) is 13.8 Å². The molecule has 114 valence electrons. The summed E-state index contributed by atoms with van der Waals surface area (Å²) in [5.41, 5.74) is 1.60. The number of carbonyl (C=O) groups excluding carboxylic acids is 1. The summed E-state index contributed by atoms with van der Waals surface area (Å²) in [5, 5.41) is 14.0. The molecule has 5 nitrogen and oxygen atoms in total. The molecule has 0 bridgehead atoms. The van der Waals surface area contributed by atoms with Gasteiger partial charge >= 0.3 is 0 Å². The Kier molecular flexibility index (Phi) is 4.68. The lowest BCUT2D eigenvalue weighted by Crippen LogP contribution is -2.15. The van der Waals surface area contributed by atoms with Gasteiger partial charge in [0.1, 0.15) is 5.69 Å². The molecule has 1 amide bonds. The number of nitro benzene ring substituents is 1. The summed E-state index contributed by atoms with van der Waals surface area (Å²) in [4.78, 5) is 22.9. The van der Waals surface area contributed by atoms with Crippen molar-refractivity contribution in [2.24, 2.45) is 0 Å². The summed E-state index contributed by atoms with van der Waals surface area (Å²) in [6.45, 7) is 3.51. The van der Waals surface area contributed by atoms with Crippen LogP contribution in [0.4, 0.5) is 11.4 Å². The molecule has 0 spiro atoms. The molecule has 0 aromatic heterocycles. The van der Waals surface area contributed by atoms with Crippen molar-refractivity contribution in [3.8, 4) is 0 Å². The lowest BCUT2D eigenvalue weighted by atomic mass is 10.1. The predicted molar refractivity (Wildman–Crippen MR) is 87.0 cm³/mol. The SMILES string of the molecule is Cc1ccc([N+](=O)[O-])c(NC(=O)c2cccc(Cl)c2Cl)c1C. The minimum Gasteiger partial charge on any atom is -0.316 e. The van der Waals surface area contributed by atoms with E-state index < -0.39 is 10.8 Å². The van der Waals surface area contributed by atoms with Gasteiger partial charge in [0.25, 0.3) is 11.6 Å². The normalized spacial score (nSPS) is 10.4. The first kappa shape index (κ1) is 16.3. The van der Waals surface area contributed by atoms with Crippen LogP contribution in [0.25, 0.3) is 0 Å². The molecule has 7 heteroatoms. The van der Waals surface area contributed by atoms with Gasteiger partial charge in [0, 0.05) is 6.07 Å². The molecule has 0 radical (unpaired) electrons. The van der Waals surface area contributed by atoms with Gasteiger partial charge in [0.2, 0.25) is 0 Å². The van der Waals surface area contributed by atoms with E-state index in [1.165, 1.54) is 12.1 Å². The lowest BCUT2D eigenvalue weighted by molar-refractivity contribution is -0.384. The van der Waals surface area contributed by atoms with Crippen molar-refractivity contribution in [1.29, 1.82) is 0 Å². The summed E-state index contributed by atoms with van der Waals surface area (Å²) in [7, 11) is 0. The Morgan fingerprint density at radius 1 is 1.18 bits per heavy atom. The Balaban J connectivity index is 2.46. The summed E-state index contributed by atoms with van der Waals surface area (Å²) in [6.07, 6.45) is 0. The van der Waals surface area contributed by atoms with E-state index in [1.54, 1.807) is 32.0 Å². The molecule has 0 fully saturated rings. The summed E-state index contributed by atoms with van der Waals surface area (Å²) >= 11 is 11.9. The number of hydrogen-bond acceptors (Lipinski definition) is 3. The molecule has 2 rings (SSSR count). The van der Waals surface area contributed by atoms with Gasteiger partial charge in [-0.05, 0) is 37.1 Å². The second-order valence-electron chi connectivity index (χ2n) is 4.71. The van der Waals surface area contributed by atoms with Gasteiger partial charge in [-0.15, -0.1) is 0 Å². The van der Waals surface area contributed by atoms with E-state index in [0.717, 1.165) is 5.56 Å². The van der Waals surface area contributed by atoms with Crippen LogP contribution in [-0.2, 0) is 0 Å². The summed E-state index contributed by atoms with van der Waals surface area (Å²) in [5.74, 6) is -0.552. The smallest absolute Gasteiger partial charge is 0.293 e. The van der Waals surface area contributed by atoms with Crippen molar-refractivity contribution < 1.29 is 9.72 Å².